The lowest BCUT2D eigenvalue weighted by atomic mass is 10.5. The highest BCUT2D eigenvalue weighted by Crippen LogP contribution is 2.12. The van der Waals surface area contributed by atoms with Crippen molar-refractivity contribution in [3.63, 3.8) is 0 Å². The van der Waals surface area contributed by atoms with E-state index in [9.17, 15) is 8.42 Å². The van der Waals surface area contributed by atoms with Gasteiger partial charge in [0.2, 0.25) is 0 Å². The summed E-state index contributed by atoms with van der Waals surface area (Å²) < 4.78 is 24.7. The molecule has 0 aliphatic rings. The van der Waals surface area contributed by atoms with E-state index in [1.165, 1.54) is 6.20 Å². The first kappa shape index (κ1) is 11.0. The van der Waals surface area contributed by atoms with Gasteiger partial charge in [0.25, 0.3) is 0 Å². The minimum Gasteiger partial charge on any atom is -0.369 e. The van der Waals surface area contributed by atoms with E-state index in [1.807, 2.05) is 0 Å². The second-order valence-corrected chi connectivity index (χ2v) is 6.08. The summed E-state index contributed by atoms with van der Waals surface area (Å²) in [6, 6.07) is 0. The molecule has 0 bridgehead atoms. The van der Waals surface area contributed by atoms with Gasteiger partial charge in [-0.05, 0) is 13.8 Å². The van der Waals surface area contributed by atoms with Gasteiger partial charge in [0, 0.05) is 7.05 Å². The molecule has 0 amide bonds. The molecule has 1 aromatic rings. The molecule has 0 spiro atoms. The molecule has 80 valence electrons. The lowest BCUT2D eigenvalue weighted by Gasteiger charge is -2.07. The molecule has 5 nitrogen and oxygen atoms in total. The Morgan fingerprint density at radius 3 is 2.50 bits per heavy atom. The second kappa shape index (κ2) is 3.61. The van der Waals surface area contributed by atoms with Gasteiger partial charge in [-0.2, -0.15) is 0 Å². The number of sulfone groups is 1. The zero-order chi connectivity index (χ0) is 10.9. The summed E-state index contributed by atoms with van der Waals surface area (Å²) in [6.45, 7) is 3.32. The summed E-state index contributed by atoms with van der Waals surface area (Å²) in [7, 11) is -1.37. The molecule has 0 unspecified atom stereocenters. The Labute approximate surface area is 83.9 Å². The molecule has 14 heavy (non-hydrogen) atoms. The van der Waals surface area contributed by atoms with Crippen molar-refractivity contribution < 1.29 is 8.42 Å². The Kier molecular flexibility index (Phi) is 2.84. The van der Waals surface area contributed by atoms with Crippen LogP contribution in [0.25, 0.3) is 0 Å². The maximum absolute atomic E-state index is 11.6. The van der Waals surface area contributed by atoms with Gasteiger partial charge in [0.05, 0.1) is 22.9 Å². The highest BCUT2D eigenvalue weighted by Gasteiger charge is 2.19. The molecule has 6 heteroatoms. The fourth-order valence-corrected chi connectivity index (χ4v) is 1.98. The first-order valence-corrected chi connectivity index (χ1v) is 6.03. The number of nitrogen functional groups attached to an aromatic ring is 1. The van der Waals surface area contributed by atoms with E-state index in [4.69, 9.17) is 5.73 Å². The lowest BCUT2D eigenvalue weighted by molar-refractivity contribution is 0.585. The smallest absolute Gasteiger partial charge is 0.200 e. The Morgan fingerprint density at radius 2 is 2.14 bits per heavy atom. The molecule has 1 heterocycles. The van der Waals surface area contributed by atoms with Crippen LogP contribution in [0.1, 0.15) is 19.5 Å². The van der Waals surface area contributed by atoms with Crippen molar-refractivity contribution in [1.29, 1.82) is 0 Å². The van der Waals surface area contributed by atoms with Crippen LogP contribution in [-0.2, 0) is 22.6 Å². The molecule has 0 fully saturated rings. The van der Waals surface area contributed by atoms with Crippen LogP contribution < -0.4 is 5.73 Å². The highest BCUT2D eigenvalue weighted by molar-refractivity contribution is 7.91. The van der Waals surface area contributed by atoms with Crippen molar-refractivity contribution in [1.82, 2.24) is 9.55 Å². The molecule has 2 N–H and O–H groups in total. The molecule has 0 radical (unpaired) electrons. The standard InChI is InChI=1S/C8H15N3O2S/c1-6(2)14(12,13)5-7-4-10-8(9)11(7)3/h4,6H,5H2,1-3H3,(H2,9,10). The van der Waals surface area contributed by atoms with Crippen LogP contribution in [-0.4, -0.2) is 23.2 Å². The fraction of sp³-hybridized carbons (Fsp3) is 0.625. The number of nitrogens with zero attached hydrogens (tertiary/aromatic N) is 2. The van der Waals surface area contributed by atoms with E-state index in [2.05, 4.69) is 4.98 Å². The fourth-order valence-electron chi connectivity index (χ4n) is 0.968. The third-order valence-electron chi connectivity index (χ3n) is 2.19. The van der Waals surface area contributed by atoms with Crippen molar-refractivity contribution >= 4 is 15.8 Å². The summed E-state index contributed by atoms with van der Waals surface area (Å²) in [5, 5.41) is -0.376. The topological polar surface area (TPSA) is 78.0 Å². The molecule has 0 aliphatic carbocycles. The third kappa shape index (κ3) is 2.06. The van der Waals surface area contributed by atoms with Gasteiger partial charge >= 0.3 is 0 Å². The van der Waals surface area contributed by atoms with Gasteiger partial charge in [-0.25, -0.2) is 13.4 Å². The van der Waals surface area contributed by atoms with Crippen LogP contribution in [0.5, 0.6) is 0 Å². The van der Waals surface area contributed by atoms with Gasteiger partial charge in [-0.15, -0.1) is 0 Å². The molecule has 1 aromatic heterocycles. The molecular formula is C8H15N3O2S. The Hall–Kier alpha value is -1.04. The Morgan fingerprint density at radius 1 is 1.57 bits per heavy atom. The zero-order valence-electron chi connectivity index (χ0n) is 8.56. The zero-order valence-corrected chi connectivity index (χ0v) is 9.37. The number of imidazole rings is 1. The normalized spacial score (nSPS) is 12.3. The number of rotatable bonds is 3. The highest BCUT2D eigenvalue weighted by atomic mass is 32.2. The van der Waals surface area contributed by atoms with E-state index >= 15 is 0 Å². The van der Waals surface area contributed by atoms with Crippen LogP contribution in [0.3, 0.4) is 0 Å². The summed E-state index contributed by atoms with van der Waals surface area (Å²) in [5.74, 6) is 0.324. The number of aromatic nitrogens is 2. The number of hydrogen-bond donors (Lipinski definition) is 1. The SMILES string of the molecule is CC(C)S(=O)(=O)Cc1cnc(N)n1C. The molecule has 0 saturated carbocycles. The maximum Gasteiger partial charge on any atom is 0.200 e. The molecule has 0 atom stereocenters. The Balaban J connectivity index is 2.96. The van der Waals surface area contributed by atoms with Crippen LogP contribution in [0.2, 0.25) is 0 Å². The quantitative estimate of drug-likeness (QED) is 0.791. The lowest BCUT2D eigenvalue weighted by Crippen LogP contribution is -2.17. The number of nitrogens with two attached hydrogens (primary N) is 1. The first-order valence-electron chi connectivity index (χ1n) is 4.32. The predicted octanol–water partition coefficient (Wildman–Crippen LogP) is 0.326. The molecular weight excluding hydrogens is 202 g/mol. The predicted molar refractivity (Wildman–Crippen MR) is 55.4 cm³/mol. The van der Waals surface area contributed by atoms with Gasteiger partial charge in [0.15, 0.2) is 15.8 Å². The number of anilines is 1. The van der Waals surface area contributed by atoms with Gasteiger partial charge in [-0.3, -0.25) is 0 Å². The van der Waals surface area contributed by atoms with Gasteiger partial charge in [0.1, 0.15) is 0 Å². The molecule has 0 aliphatic heterocycles. The van der Waals surface area contributed by atoms with Gasteiger partial charge in [-0.1, -0.05) is 0 Å². The third-order valence-corrected chi connectivity index (χ3v) is 4.32. The van der Waals surface area contributed by atoms with Gasteiger partial charge < -0.3 is 10.3 Å². The monoisotopic (exact) mass is 217 g/mol. The maximum atomic E-state index is 11.6. The van der Waals surface area contributed by atoms with Crippen molar-refractivity contribution in [2.75, 3.05) is 5.73 Å². The van der Waals surface area contributed by atoms with Crippen LogP contribution in [0.15, 0.2) is 6.20 Å². The molecule has 0 saturated heterocycles. The summed E-state index contributed by atoms with van der Waals surface area (Å²) in [5.41, 5.74) is 6.11. The summed E-state index contributed by atoms with van der Waals surface area (Å²) >= 11 is 0. The van der Waals surface area contributed by atoms with Crippen molar-refractivity contribution in [3.8, 4) is 0 Å². The van der Waals surface area contributed by atoms with Crippen LogP contribution in [0.4, 0.5) is 5.95 Å². The van der Waals surface area contributed by atoms with E-state index in [1.54, 1.807) is 25.5 Å². The van der Waals surface area contributed by atoms with Crippen LogP contribution >= 0.6 is 0 Å². The average Bonchev–Trinajstić information content (AvgIpc) is 2.35. The molecule has 1 rings (SSSR count). The van der Waals surface area contributed by atoms with Crippen molar-refractivity contribution in [2.24, 2.45) is 7.05 Å². The van der Waals surface area contributed by atoms with Crippen molar-refractivity contribution in [3.05, 3.63) is 11.9 Å². The van der Waals surface area contributed by atoms with E-state index in [-0.39, 0.29) is 11.0 Å². The first-order chi connectivity index (χ1) is 6.34. The Bertz CT molecular complexity index is 420. The summed E-state index contributed by atoms with van der Waals surface area (Å²) in [6.07, 6.45) is 1.50. The average molecular weight is 217 g/mol. The summed E-state index contributed by atoms with van der Waals surface area (Å²) in [4.78, 5) is 3.84. The second-order valence-electron chi connectivity index (χ2n) is 3.52. The van der Waals surface area contributed by atoms with E-state index in [0.717, 1.165) is 0 Å². The van der Waals surface area contributed by atoms with Crippen LogP contribution in [0, 0.1) is 0 Å². The minimum atomic E-state index is -3.08. The number of hydrogen-bond acceptors (Lipinski definition) is 4. The molecule has 0 aromatic carbocycles. The minimum absolute atomic E-state index is 0.00856. The van der Waals surface area contributed by atoms with Crippen molar-refractivity contribution in [2.45, 2.75) is 24.9 Å². The largest absolute Gasteiger partial charge is 0.369 e. The van der Waals surface area contributed by atoms with E-state index < -0.39 is 9.84 Å². The van der Waals surface area contributed by atoms with E-state index in [0.29, 0.717) is 11.6 Å².